The van der Waals surface area contributed by atoms with Gasteiger partial charge in [-0.1, -0.05) is 6.92 Å². The Kier molecular flexibility index (Phi) is 4.32. The number of ether oxygens (including phenoxy) is 1. The van der Waals surface area contributed by atoms with Crippen LogP contribution in [0.3, 0.4) is 0 Å². The van der Waals surface area contributed by atoms with E-state index in [0.29, 0.717) is 11.9 Å². The maximum absolute atomic E-state index is 5.00. The minimum absolute atomic E-state index is 0.418. The Morgan fingerprint density at radius 3 is 2.93 bits per heavy atom. The van der Waals surface area contributed by atoms with Gasteiger partial charge in [-0.25, -0.2) is 4.98 Å². The first kappa shape index (κ1) is 10.9. The molecule has 1 aromatic heterocycles. The van der Waals surface area contributed by atoms with Gasteiger partial charge in [0.1, 0.15) is 0 Å². The van der Waals surface area contributed by atoms with E-state index in [-0.39, 0.29) is 0 Å². The van der Waals surface area contributed by atoms with Gasteiger partial charge in [0.25, 0.3) is 0 Å². The van der Waals surface area contributed by atoms with Crippen molar-refractivity contribution >= 4 is 0 Å². The molecule has 0 bridgehead atoms. The lowest BCUT2D eigenvalue weighted by atomic mass is 10.2. The maximum Gasteiger partial charge on any atom is 0.232 e. The van der Waals surface area contributed by atoms with Gasteiger partial charge in [0, 0.05) is 18.7 Å². The summed E-state index contributed by atoms with van der Waals surface area (Å²) in [5.41, 5.74) is 0.956. The maximum atomic E-state index is 5.00. The molecule has 4 heteroatoms. The van der Waals surface area contributed by atoms with E-state index < -0.39 is 0 Å². The summed E-state index contributed by atoms with van der Waals surface area (Å²) in [6, 6.07) is 0.418. The second-order valence-corrected chi connectivity index (χ2v) is 3.22. The summed E-state index contributed by atoms with van der Waals surface area (Å²) in [4.78, 5) is 8.34. The first-order valence-electron chi connectivity index (χ1n) is 4.84. The molecule has 0 aliphatic rings. The topological polar surface area (TPSA) is 47.0 Å². The molecule has 0 aromatic carbocycles. The number of likely N-dealkylation sites (N-methyl/N-ethyl adjacent to an activating group) is 1. The quantitative estimate of drug-likeness (QED) is 0.762. The minimum Gasteiger partial charge on any atom is -0.480 e. The molecule has 0 fully saturated rings. The van der Waals surface area contributed by atoms with Gasteiger partial charge in [0.2, 0.25) is 5.88 Å². The second kappa shape index (κ2) is 5.54. The third-order valence-corrected chi connectivity index (χ3v) is 1.94. The SMILES string of the molecule is CCNC(C)Cc1cncc(OC)n1. The van der Waals surface area contributed by atoms with Gasteiger partial charge in [-0.05, 0) is 13.5 Å². The van der Waals surface area contributed by atoms with Crippen molar-refractivity contribution in [2.75, 3.05) is 13.7 Å². The van der Waals surface area contributed by atoms with Gasteiger partial charge < -0.3 is 10.1 Å². The minimum atomic E-state index is 0.418. The largest absolute Gasteiger partial charge is 0.480 e. The number of methoxy groups -OCH3 is 1. The predicted molar refractivity (Wildman–Crippen MR) is 55.4 cm³/mol. The summed E-state index contributed by atoms with van der Waals surface area (Å²) in [6.45, 7) is 5.19. The molecule has 0 saturated carbocycles. The Morgan fingerprint density at radius 2 is 2.29 bits per heavy atom. The number of nitrogens with one attached hydrogen (secondary N) is 1. The van der Waals surface area contributed by atoms with Crippen molar-refractivity contribution in [3.8, 4) is 5.88 Å². The highest BCUT2D eigenvalue weighted by Crippen LogP contribution is 2.05. The van der Waals surface area contributed by atoms with Crippen molar-refractivity contribution in [2.24, 2.45) is 0 Å². The van der Waals surface area contributed by atoms with Crippen LogP contribution in [0.15, 0.2) is 12.4 Å². The zero-order valence-electron chi connectivity index (χ0n) is 8.95. The average Bonchev–Trinajstić information content (AvgIpc) is 2.18. The van der Waals surface area contributed by atoms with Gasteiger partial charge in [-0.15, -0.1) is 0 Å². The molecule has 1 atom stereocenters. The van der Waals surface area contributed by atoms with Crippen molar-refractivity contribution in [1.82, 2.24) is 15.3 Å². The molecule has 1 rings (SSSR count). The van der Waals surface area contributed by atoms with Crippen molar-refractivity contribution in [2.45, 2.75) is 26.3 Å². The van der Waals surface area contributed by atoms with Gasteiger partial charge in [-0.3, -0.25) is 4.98 Å². The van der Waals surface area contributed by atoms with E-state index in [9.17, 15) is 0 Å². The molecule has 1 heterocycles. The molecule has 0 radical (unpaired) electrons. The summed E-state index contributed by atoms with van der Waals surface area (Å²) < 4.78 is 5.00. The zero-order valence-corrected chi connectivity index (χ0v) is 8.95. The van der Waals surface area contributed by atoms with Crippen LogP contribution in [0.5, 0.6) is 5.88 Å². The van der Waals surface area contributed by atoms with Crippen molar-refractivity contribution < 1.29 is 4.74 Å². The predicted octanol–water partition coefficient (Wildman–Crippen LogP) is 1.03. The molecule has 0 amide bonds. The van der Waals surface area contributed by atoms with E-state index in [4.69, 9.17) is 4.74 Å². The Morgan fingerprint density at radius 1 is 1.50 bits per heavy atom. The molecule has 1 unspecified atom stereocenters. The number of hydrogen-bond donors (Lipinski definition) is 1. The Hall–Kier alpha value is -1.16. The van der Waals surface area contributed by atoms with Crippen LogP contribution in [-0.4, -0.2) is 29.7 Å². The molecule has 1 aromatic rings. The van der Waals surface area contributed by atoms with Crippen molar-refractivity contribution in [3.63, 3.8) is 0 Å². The lowest BCUT2D eigenvalue weighted by Gasteiger charge is -2.11. The molecule has 4 nitrogen and oxygen atoms in total. The van der Waals surface area contributed by atoms with Gasteiger partial charge in [0.15, 0.2) is 0 Å². The standard InChI is InChI=1S/C10H17N3O/c1-4-12-8(2)5-9-6-11-7-10(13-9)14-3/h6-8,12H,4-5H2,1-3H3. The highest BCUT2D eigenvalue weighted by atomic mass is 16.5. The average molecular weight is 195 g/mol. The first-order valence-corrected chi connectivity index (χ1v) is 4.84. The molecule has 0 aliphatic carbocycles. The summed E-state index contributed by atoms with van der Waals surface area (Å²) in [7, 11) is 1.60. The number of aromatic nitrogens is 2. The summed E-state index contributed by atoms with van der Waals surface area (Å²) >= 11 is 0. The van der Waals surface area contributed by atoms with Crippen LogP contribution in [0.4, 0.5) is 0 Å². The van der Waals surface area contributed by atoms with Gasteiger partial charge >= 0.3 is 0 Å². The van der Waals surface area contributed by atoms with Crippen LogP contribution in [-0.2, 0) is 6.42 Å². The molecule has 0 aliphatic heterocycles. The fourth-order valence-corrected chi connectivity index (χ4v) is 1.32. The third kappa shape index (κ3) is 3.30. The fraction of sp³-hybridized carbons (Fsp3) is 0.600. The lowest BCUT2D eigenvalue weighted by Crippen LogP contribution is -2.27. The summed E-state index contributed by atoms with van der Waals surface area (Å²) in [5.74, 6) is 0.575. The monoisotopic (exact) mass is 195 g/mol. The van der Waals surface area contributed by atoms with Crippen LogP contribution in [0, 0.1) is 0 Å². The van der Waals surface area contributed by atoms with Crippen molar-refractivity contribution in [1.29, 1.82) is 0 Å². The molecular formula is C10H17N3O. The zero-order chi connectivity index (χ0) is 10.4. The number of nitrogens with zero attached hydrogens (tertiary/aromatic N) is 2. The molecule has 14 heavy (non-hydrogen) atoms. The third-order valence-electron chi connectivity index (χ3n) is 1.94. The Balaban J connectivity index is 2.57. The normalized spacial score (nSPS) is 12.5. The van der Waals surface area contributed by atoms with E-state index in [1.807, 2.05) is 0 Å². The van der Waals surface area contributed by atoms with Crippen LogP contribution >= 0.6 is 0 Å². The Labute approximate surface area is 84.7 Å². The van der Waals surface area contributed by atoms with Crippen molar-refractivity contribution in [3.05, 3.63) is 18.1 Å². The van der Waals surface area contributed by atoms with Crippen LogP contribution in [0.1, 0.15) is 19.5 Å². The molecular weight excluding hydrogens is 178 g/mol. The lowest BCUT2D eigenvalue weighted by molar-refractivity contribution is 0.393. The van der Waals surface area contributed by atoms with Crippen LogP contribution < -0.4 is 10.1 Å². The van der Waals surface area contributed by atoms with E-state index in [1.165, 1.54) is 0 Å². The highest BCUT2D eigenvalue weighted by molar-refractivity contribution is 5.08. The molecule has 78 valence electrons. The molecule has 0 spiro atoms. The van der Waals surface area contributed by atoms with Crippen LogP contribution in [0.2, 0.25) is 0 Å². The first-order chi connectivity index (χ1) is 6.76. The van der Waals surface area contributed by atoms with Gasteiger partial charge in [-0.2, -0.15) is 0 Å². The number of rotatable bonds is 5. The van der Waals surface area contributed by atoms with Gasteiger partial charge in [0.05, 0.1) is 19.0 Å². The fourth-order valence-electron chi connectivity index (χ4n) is 1.32. The second-order valence-electron chi connectivity index (χ2n) is 3.22. The Bertz CT molecular complexity index is 278. The smallest absolute Gasteiger partial charge is 0.232 e. The van der Waals surface area contributed by atoms with E-state index in [0.717, 1.165) is 18.7 Å². The molecule has 0 saturated heterocycles. The summed E-state index contributed by atoms with van der Waals surface area (Å²) in [6.07, 6.45) is 4.26. The van der Waals surface area contributed by atoms with Crippen LogP contribution in [0.25, 0.3) is 0 Å². The molecule has 1 N–H and O–H groups in total. The van der Waals surface area contributed by atoms with E-state index in [2.05, 4.69) is 29.1 Å². The number of hydrogen-bond acceptors (Lipinski definition) is 4. The van der Waals surface area contributed by atoms with E-state index in [1.54, 1.807) is 19.5 Å². The van der Waals surface area contributed by atoms with E-state index >= 15 is 0 Å². The highest BCUT2D eigenvalue weighted by Gasteiger charge is 2.04. The summed E-state index contributed by atoms with van der Waals surface area (Å²) in [5, 5.41) is 3.32.